The highest BCUT2D eigenvalue weighted by atomic mass is 16.5. The van der Waals surface area contributed by atoms with Crippen LogP contribution in [0.2, 0.25) is 0 Å². The maximum atomic E-state index is 11.1. The van der Waals surface area contributed by atoms with Crippen LogP contribution in [0.25, 0.3) is 0 Å². The summed E-state index contributed by atoms with van der Waals surface area (Å²) < 4.78 is 14.6. The van der Waals surface area contributed by atoms with Crippen molar-refractivity contribution in [3.8, 4) is 11.5 Å². The number of ether oxygens (including phenoxy) is 3. The van der Waals surface area contributed by atoms with Crippen molar-refractivity contribution in [2.75, 3.05) is 21.3 Å². The van der Waals surface area contributed by atoms with Gasteiger partial charge in [-0.15, -0.1) is 0 Å². The van der Waals surface area contributed by atoms with Crippen LogP contribution in [0.15, 0.2) is 12.1 Å². The Morgan fingerprint density at radius 2 is 1.76 bits per heavy atom. The van der Waals surface area contributed by atoms with Gasteiger partial charge in [0.15, 0.2) is 17.8 Å². The molecule has 0 spiro atoms. The molecular weight excluding hydrogens is 280 g/mol. The predicted molar refractivity (Wildman–Crippen MR) is 72.5 cm³/mol. The van der Waals surface area contributed by atoms with Gasteiger partial charge in [0, 0.05) is 5.56 Å². The highest BCUT2D eigenvalue weighted by Crippen LogP contribution is 2.34. The van der Waals surface area contributed by atoms with Crippen molar-refractivity contribution < 1.29 is 34.0 Å². The number of aldehydes is 1. The highest BCUT2D eigenvalue weighted by molar-refractivity contribution is 5.79. The number of carbonyl (C=O) groups is 2. The van der Waals surface area contributed by atoms with Crippen molar-refractivity contribution in [1.29, 1.82) is 0 Å². The van der Waals surface area contributed by atoms with Gasteiger partial charge >= 0.3 is 5.97 Å². The van der Waals surface area contributed by atoms with E-state index in [1.165, 1.54) is 33.5 Å². The first-order valence-electron chi connectivity index (χ1n) is 6.12. The number of esters is 1. The fourth-order valence-corrected chi connectivity index (χ4v) is 1.84. The molecule has 0 heterocycles. The molecule has 1 rings (SSSR count). The van der Waals surface area contributed by atoms with Gasteiger partial charge in [0.05, 0.1) is 33.9 Å². The van der Waals surface area contributed by atoms with E-state index in [1.807, 2.05) is 0 Å². The quantitative estimate of drug-likeness (QED) is 0.557. The number of rotatable bonds is 7. The van der Waals surface area contributed by atoms with Gasteiger partial charge in [0.25, 0.3) is 0 Å². The van der Waals surface area contributed by atoms with Crippen LogP contribution in [-0.2, 0) is 9.53 Å². The summed E-state index contributed by atoms with van der Waals surface area (Å²) in [5.41, 5.74) is 0.267. The predicted octanol–water partition coefficient (Wildman–Crippen LogP) is 0.474. The fraction of sp³-hybridized carbons (Fsp3) is 0.429. The summed E-state index contributed by atoms with van der Waals surface area (Å²) in [7, 11) is 3.99. The number of aliphatic hydroxyl groups excluding tert-OH is 2. The van der Waals surface area contributed by atoms with E-state index in [1.54, 1.807) is 0 Å². The van der Waals surface area contributed by atoms with Gasteiger partial charge in [0.1, 0.15) is 6.10 Å². The number of hydrogen-bond acceptors (Lipinski definition) is 7. The topological polar surface area (TPSA) is 102 Å². The molecule has 0 saturated carbocycles. The molecule has 2 N–H and O–H groups in total. The zero-order valence-electron chi connectivity index (χ0n) is 12.0. The monoisotopic (exact) mass is 298 g/mol. The standard InChI is InChI=1S/C14H18O7/c1-19-11-4-8(7-15)9(5-12(11)20-2)14(18)10(16)6-13(17)21-3/h4-5,7,10,14,16,18H,6H2,1-3H3. The lowest BCUT2D eigenvalue weighted by molar-refractivity contribution is -0.144. The molecule has 0 fully saturated rings. The van der Waals surface area contributed by atoms with E-state index < -0.39 is 24.6 Å². The summed E-state index contributed by atoms with van der Waals surface area (Å²) in [6.07, 6.45) is -2.73. The zero-order valence-corrected chi connectivity index (χ0v) is 12.0. The molecule has 0 bridgehead atoms. The molecule has 1 aromatic rings. The van der Waals surface area contributed by atoms with Crippen LogP contribution in [0.1, 0.15) is 28.4 Å². The van der Waals surface area contributed by atoms with Crippen molar-refractivity contribution >= 4 is 12.3 Å². The van der Waals surface area contributed by atoms with Crippen LogP contribution in [0.3, 0.4) is 0 Å². The lowest BCUT2D eigenvalue weighted by Crippen LogP contribution is -2.23. The third kappa shape index (κ3) is 3.93. The number of methoxy groups -OCH3 is 3. The van der Waals surface area contributed by atoms with Gasteiger partial charge in [-0.05, 0) is 17.7 Å². The van der Waals surface area contributed by atoms with Gasteiger partial charge in [-0.2, -0.15) is 0 Å². The molecule has 7 heteroatoms. The average molecular weight is 298 g/mol. The van der Waals surface area contributed by atoms with Crippen LogP contribution < -0.4 is 9.47 Å². The summed E-state index contributed by atoms with van der Waals surface area (Å²) in [5, 5.41) is 20.0. The van der Waals surface area contributed by atoms with Gasteiger partial charge in [0.2, 0.25) is 0 Å². The molecule has 21 heavy (non-hydrogen) atoms. The molecule has 0 saturated heterocycles. The Morgan fingerprint density at radius 1 is 1.19 bits per heavy atom. The molecular formula is C14H18O7. The van der Waals surface area contributed by atoms with Crippen molar-refractivity contribution in [2.24, 2.45) is 0 Å². The Morgan fingerprint density at radius 3 is 2.24 bits per heavy atom. The second-order valence-electron chi connectivity index (χ2n) is 4.25. The molecule has 0 radical (unpaired) electrons. The number of benzene rings is 1. The molecule has 0 amide bonds. The van der Waals surface area contributed by atoms with E-state index in [4.69, 9.17) is 9.47 Å². The van der Waals surface area contributed by atoms with Gasteiger partial charge in [-0.25, -0.2) is 0 Å². The van der Waals surface area contributed by atoms with Crippen molar-refractivity contribution in [3.05, 3.63) is 23.3 Å². The minimum atomic E-state index is -1.44. The summed E-state index contributed by atoms with van der Waals surface area (Å²) in [5.74, 6) is -0.0601. The minimum Gasteiger partial charge on any atom is -0.493 e. The zero-order chi connectivity index (χ0) is 16.0. The van der Waals surface area contributed by atoms with Crippen LogP contribution in [0.4, 0.5) is 0 Å². The normalized spacial score (nSPS) is 13.2. The van der Waals surface area contributed by atoms with E-state index >= 15 is 0 Å². The number of hydrogen-bond donors (Lipinski definition) is 2. The molecule has 2 unspecified atom stereocenters. The summed E-state index contributed by atoms with van der Waals surface area (Å²) in [4.78, 5) is 22.2. The molecule has 7 nitrogen and oxygen atoms in total. The smallest absolute Gasteiger partial charge is 0.308 e. The highest BCUT2D eigenvalue weighted by Gasteiger charge is 2.25. The molecule has 0 aliphatic heterocycles. The molecule has 0 aliphatic carbocycles. The summed E-state index contributed by atoms with van der Waals surface area (Å²) in [6.45, 7) is 0. The van der Waals surface area contributed by atoms with Crippen molar-refractivity contribution in [3.63, 3.8) is 0 Å². The first kappa shape index (κ1) is 16.9. The molecule has 0 aromatic heterocycles. The van der Waals surface area contributed by atoms with Crippen LogP contribution >= 0.6 is 0 Å². The molecule has 116 valence electrons. The second-order valence-corrected chi connectivity index (χ2v) is 4.25. The second kappa shape index (κ2) is 7.61. The lowest BCUT2D eigenvalue weighted by atomic mass is 9.97. The van der Waals surface area contributed by atoms with E-state index in [0.717, 1.165) is 0 Å². The number of aliphatic hydroxyl groups is 2. The van der Waals surface area contributed by atoms with Crippen LogP contribution in [0, 0.1) is 0 Å². The van der Waals surface area contributed by atoms with E-state index in [-0.39, 0.29) is 11.1 Å². The Bertz CT molecular complexity index is 512. The van der Waals surface area contributed by atoms with Gasteiger partial charge < -0.3 is 24.4 Å². The van der Waals surface area contributed by atoms with Gasteiger partial charge in [-0.3, -0.25) is 9.59 Å². The van der Waals surface area contributed by atoms with Gasteiger partial charge in [-0.1, -0.05) is 0 Å². The average Bonchev–Trinajstić information content (AvgIpc) is 2.52. The Hall–Kier alpha value is -2.12. The van der Waals surface area contributed by atoms with Crippen molar-refractivity contribution in [1.82, 2.24) is 0 Å². The van der Waals surface area contributed by atoms with E-state index in [9.17, 15) is 19.8 Å². The third-order valence-corrected chi connectivity index (χ3v) is 3.00. The SMILES string of the molecule is COC(=O)CC(O)C(O)c1cc(OC)c(OC)cc1C=O. The Kier molecular flexibility index (Phi) is 6.13. The third-order valence-electron chi connectivity index (χ3n) is 3.00. The fourth-order valence-electron chi connectivity index (χ4n) is 1.84. The van der Waals surface area contributed by atoms with E-state index in [0.29, 0.717) is 17.8 Å². The largest absolute Gasteiger partial charge is 0.493 e. The Labute approximate surface area is 122 Å². The van der Waals surface area contributed by atoms with Crippen LogP contribution in [-0.4, -0.2) is 49.9 Å². The molecule has 2 atom stereocenters. The first-order valence-corrected chi connectivity index (χ1v) is 6.12. The van der Waals surface area contributed by atoms with Crippen LogP contribution in [0.5, 0.6) is 11.5 Å². The van der Waals surface area contributed by atoms with Crippen molar-refractivity contribution in [2.45, 2.75) is 18.6 Å². The minimum absolute atomic E-state index is 0.129. The summed E-state index contributed by atoms with van der Waals surface area (Å²) >= 11 is 0. The molecule has 1 aromatic carbocycles. The maximum Gasteiger partial charge on any atom is 0.308 e. The van der Waals surface area contributed by atoms with E-state index in [2.05, 4.69) is 4.74 Å². The maximum absolute atomic E-state index is 11.1. The summed E-state index contributed by atoms with van der Waals surface area (Å²) in [6, 6.07) is 2.77. The Balaban J connectivity index is 3.15. The first-order chi connectivity index (χ1) is 9.98. The number of carbonyl (C=O) groups excluding carboxylic acids is 2. The molecule has 0 aliphatic rings. The lowest BCUT2D eigenvalue weighted by Gasteiger charge is -2.20.